The van der Waals surface area contributed by atoms with Crippen LogP contribution < -0.4 is 0 Å². The molecule has 3 atom stereocenters. The fraction of sp³-hybridized carbons (Fsp3) is 0.316. The number of rotatable bonds is 1. The number of aliphatic hydroxyl groups is 1. The first kappa shape index (κ1) is 14.0. The van der Waals surface area contributed by atoms with Crippen molar-refractivity contribution in [3.63, 3.8) is 0 Å². The summed E-state index contributed by atoms with van der Waals surface area (Å²) < 4.78 is 0. The quantitative estimate of drug-likeness (QED) is 0.873. The zero-order valence-corrected chi connectivity index (χ0v) is 13.1. The third-order valence-corrected chi connectivity index (χ3v) is 6.61. The first-order valence-corrected chi connectivity index (χ1v) is 8.75. The molecule has 1 heterocycles. The maximum absolute atomic E-state index is 13.3. The highest BCUT2D eigenvalue weighted by molar-refractivity contribution is 7.99. The van der Waals surface area contributed by atoms with Crippen molar-refractivity contribution in [3.8, 4) is 0 Å². The predicted octanol–water partition coefficient (Wildman–Crippen LogP) is 3.65. The van der Waals surface area contributed by atoms with Gasteiger partial charge in [-0.05, 0) is 24.0 Å². The summed E-state index contributed by atoms with van der Waals surface area (Å²) in [5.74, 6) is 0.758. The van der Waals surface area contributed by atoms with Crippen molar-refractivity contribution in [3.05, 3.63) is 71.3 Å². The molecule has 1 spiro atoms. The largest absolute Gasteiger partial charge is 0.391 e. The van der Waals surface area contributed by atoms with Crippen molar-refractivity contribution in [2.24, 2.45) is 5.41 Å². The second kappa shape index (κ2) is 5.25. The molecule has 1 aliphatic heterocycles. The minimum atomic E-state index is -0.666. The van der Waals surface area contributed by atoms with E-state index >= 15 is 0 Å². The van der Waals surface area contributed by atoms with E-state index in [2.05, 4.69) is 12.1 Å². The van der Waals surface area contributed by atoms with E-state index in [1.165, 1.54) is 0 Å². The summed E-state index contributed by atoms with van der Waals surface area (Å²) >= 11 is 1.72. The third kappa shape index (κ3) is 1.89. The standard InChI is InChI=1S/C19H18O2S/c20-16-12-22-18(14-7-2-1-3-8-14)19(16)11-10-13-6-4-5-9-15(13)17(19)21/h1-9,16,18,20H,10-12H2/t16-,18+,19+/m0/s1. The topological polar surface area (TPSA) is 37.3 Å². The highest BCUT2D eigenvalue weighted by Gasteiger charge is 2.57. The predicted molar refractivity (Wildman–Crippen MR) is 89.2 cm³/mol. The molecular formula is C19H18O2S. The number of aliphatic hydroxyl groups excluding tert-OH is 1. The zero-order chi connectivity index (χ0) is 15.2. The molecule has 22 heavy (non-hydrogen) atoms. The van der Waals surface area contributed by atoms with E-state index in [-0.39, 0.29) is 11.0 Å². The lowest BCUT2D eigenvalue weighted by Gasteiger charge is -2.39. The maximum Gasteiger partial charge on any atom is 0.173 e. The number of hydrogen-bond donors (Lipinski definition) is 1. The van der Waals surface area contributed by atoms with Gasteiger partial charge in [0.25, 0.3) is 0 Å². The number of thioether (sulfide) groups is 1. The van der Waals surface area contributed by atoms with Gasteiger partial charge in [0.2, 0.25) is 0 Å². The molecular weight excluding hydrogens is 292 g/mol. The lowest BCUT2D eigenvalue weighted by Crippen LogP contribution is -2.46. The van der Waals surface area contributed by atoms with E-state index in [1.54, 1.807) is 11.8 Å². The SMILES string of the molecule is O=C1c2ccccc2CC[C@]12[C@@H](c1ccccc1)SC[C@@H]2O. The molecule has 0 saturated carbocycles. The minimum absolute atomic E-state index is 0.0459. The summed E-state index contributed by atoms with van der Waals surface area (Å²) in [5, 5.41) is 10.7. The molecule has 2 aliphatic rings. The Kier molecular flexibility index (Phi) is 3.35. The molecule has 1 saturated heterocycles. The normalized spacial score (nSPS) is 30.5. The van der Waals surface area contributed by atoms with Crippen LogP contribution >= 0.6 is 11.8 Å². The van der Waals surface area contributed by atoms with Crippen LogP contribution in [0.1, 0.15) is 33.2 Å². The molecule has 0 unspecified atom stereocenters. The second-order valence-electron chi connectivity index (χ2n) is 6.17. The zero-order valence-electron chi connectivity index (χ0n) is 12.2. The van der Waals surface area contributed by atoms with Gasteiger partial charge in [0, 0.05) is 16.6 Å². The van der Waals surface area contributed by atoms with E-state index in [1.807, 2.05) is 42.5 Å². The molecule has 1 fully saturated rings. The van der Waals surface area contributed by atoms with Crippen molar-refractivity contribution in [1.29, 1.82) is 0 Å². The number of aryl methyl sites for hydroxylation is 1. The van der Waals surface area contributed by atoms with E-state index < -0.39 is 11.5 Å². The molecule has 0 bridgehead atoms. The number of hydrogen-bond acceptors (Lipinski definition) is 3. The number of carbonyl (C=O) groups is 1. The van der Waals surface area contributed by atoms with E-state index in [0.717, 1.165) is 29.5 Å². The van der Waals surface area contributed by atoms with Crippen LogP contribution in [0.5, 0.6) is 0 Å². The Bertz CT molecular complexity index is 712. The van der Waals surface area contributed by atoms with E-state index in [9.17, 15) is 9.90 Å². The number of Topliss-reactive ketones (excluding diaryl/α,β-unsaturated/α-hetero) is 1. The smallest absolute Gasteiger partial charge is 0.173 e. The van der Waals surface area contributed by atoms with Gasteiger partial charge in [-0.25, -0.2) is 0 Å². The van der Waals surface area contributed by atoms with E-state index in [4.69, 9.17) is 0 Å². The highest BCUT2D eigenvalue weighted by Crippen LogP contribution is 2.58. The van der Waals surface area contributed by atoms with Gasteiger partial charge in [0.1, 0.15) is 0 Å². The van der Waals surface area contributed by atoms with Crippen molar-refractivity contribution in [2.75, 3.05) is 5.75 Å². The summed E-state index contributed by atoms with van der Waals surface area (Å²) in [7, 11) is 0. The number of carbonyl (C=O) groups excluding carboxylic acids is 1. The Hall–Kier alpha value is -1.58. The van der Waals surface area contributed by atoms with Crippen LogP contribution in [0.25, 0.3) is 0 Å². The van der Waals surface area contributed by atoms with Gasteiger partial charge in [-0.15, -0.1) is 11.8 Å². The molecule has 2 nitrogen and oxygen atoms in total. The van der Waals surface area contributed by atoms with Crippen LogP contribution in [0.2, 0.25) is 0 Å². The lowest BCUT2D eigenvalue weighted by atomic mass is 9.64. The molecule has 0 amide bonds. The molecule has 2 aromatic rings. The lowest BCUT2D eigenvalue weighted by molar-refractivity contribution is 0.0325. The van der Waals surface area contributed by atoms with Crippen molar-refractivity contribution < 1.29 is 9.90 Å². The fourth-order valence-electron chi connectivity index (χ4n) is 3.91. The van der Waals surface area contributed by atoms with Crippen LogP contribution in [-0.2, 0) is 6.42 Å². The highest BCUT2D eigenvalue weighted by atomic mass is 32.2. The molecule has 1 N–H and O–H groups in total. The van der Waals surface area contributed by atoms with Gasteiger partial charge >= 0.3 is 0 Å². The molecule has 0 aromatic heterocycles. The average Bonchev–Trinajstić information content (AvgIpc) is 2.90. The molecule has 1 aliphatic carbocycles. The Morgan fingerprint density at radius 3 is 2.59 bits per heavy atom. The van der Waals surface area contributed by atoms with Crippen molar-refractivity contribution >= 4 is 17.5 Å². The Labute approximate surface area is 134 Å². The summed E-state index contributed by atoms with van der Waals surface area (Å²) in [6.07, 6.45) is 1.03. The number of ketones is 1. The summed E-state index contributed by atoms with van der Waals surface area (Å²) in [5.41, 5.74) is 2.41. The minimum Gasteiger partial charge on any atom is -0.391 e. The third-order valence-electron chi connectivity index (χ3n) is 5.08. The Balaban J connectivity index is 1.83. The monoisotopic (exact) mass is 310 g/mol. The Morgan fingerprint density at radius 2 is 1.77 bits per heavy atom. The van der Waals surface area contributed by atoms with E-state index in [0.29, 0.717) is 5.75 Å². The summed E-state index contributed by atoms with van der Waals surface area (Å²) in [6.45, 7) is 0. The molecule has 2 aromatic carbocycles. The summed E-state index contributed by atoms with van der Waals surface area (Å²) in [6, 6.07) is 18.0. The van der Waals surface area contributed by atoms with Crippen LogP contribution in [-0.4, -0.2) is 22.7 Å². The van der Waals surface area contributed by atoms with Crippen LogP contribution in [0.3, 0.4) is 0 Å². The molecule has 0 radical (unpaired) electrons. The van der Waals surface area contributed by atoms with Gasteiger partial charge in [0.15, 0.2) is 5.78 Å². The van der Waals surface area contributed by atoms with Gasteiger partial charge in [0.05, 0.1) is 11.5 Å². The van der Waals surface area contributed by atoms with Gasteiger partial charge in [-0.2, -0.15) is 0 Å². The summed E-state index contributed by atoms with van der Waals surface area (Å²) in [4.78, 5) is 13.3. The van der Waals surface area contributed by atoms with Gasteiger partial charge in [-0.1, -0.05) is 54.6 Å². The van der Waals surface area contributed by atoms with Crippen LogP contribution in [0, 0.1) is 5.41 Å². The van der Waals surface area contributed by atoms with Gasteiger partial charge in [-0.3, -0.25) is 4.79 Å². The molecule has 112 valence electrons. The van der Waals surface area contributed by atoms with Crippen LogP contribution in [0.4, 0.5) is 0 Å². The van der Waals surface area contributed by atoms with Crippen molar-refractivity contribution in [2.45, 2.75) is 24.2 Å². The van der Waals surface area contributed by atoms with Gasteiger partial charge < -0.3 is 5.11 Å². The number of fused-ring (bicyclic) bond motifs is 1. The maximum atomic E-state index is 13.3. The first-order chi connectivity index (χ1) is 10.7. The van der Waals surface area contributed by atoms with Crippen LogP contribution in [0.15, 0.2) is 54.6 Å². The Morgan fingerprint density at radius 1 is 1.05 bits per heavy atom. The molecule has 3 heteroatoms. The molecule has 4 rings (SSSR count). The fourth-order valence-corrected chi connectivity index (χ4v) is 5.62. The first-order valence-electron chi connectivity index (χ1n) is 7.71. The van der Waals surface area contributed by atoms with Crippen molar-refractivity contribution in [1.82, 2.24) is 0 Å². The average molecular weight is 310 g/mol. The second-order valence-corrected chi connectivity index (χ2v) is 7.30. The number of benzene rings is 2.